The van der Waals surface area contributed by atoms with E-state index >= 15 is 0 Å². The van der Waals surface area contributed by atoms with Gasteiger partial charge < -0.3 is 9.24 Å². The molecule has 0 N–H and O–H groups in total. The Morgan fingerprint density at radius 3 is 2.64 bits per heavy atom. The summed E-state index contributed by atoms with van der Waals surface area (Å²) in [6.45, 7) is 1.85. The average Bonchev–Trinajstić information content (AvgIpc) is 2.13. The first-order chi connectivity index (χ1) is 6.57. The average molecular weight is 248 g/mol. The molecule has 0 aliphatic heterocycles. The topological polar surface area (TPSA) is 17.1 Å². The SMILES string of the molecule is Cc1ccc(Cl)c(C(=O)CC[PH-])c1Cl. The Bertz CT molecular complexity index is 363. The van der Waals surface area contributed by atoms with Crippen molar-refractivity contribution in [2.24, 2.45) is 0 Å². The van der Waals surface area contributed by atoms with Crippen LogP contribution >= 0.6 is 32.4 Å². The molecule has 0 bridgehead atoms. The quantitative estimate of drug-likeness (QED) is 0.583. The zero-order valence-corrected chi connectivity index (χ0v) is 10.2. The van der Waals surface area contributed by atoms with Crippen molar-refractivity contribution in [2.75, 3.05) is 6.16 Å². The lowest BCUT2D eigenvalue weighted by Gasteiger charge is -2.08. The summed E-state index contributed by atoms with van der Waals surface area (Å²) >= 11 is 11.9. The van der Waals surface area contributed by atoms with Crippen LogP contribution in [0.15, 0.2) is 12.1 Å². The summed E-state index contributed by atoms with van der Waals surface area (Å²) in [5, 5.41) is 0.883. The molecule has 0 spiro atoms. The number of aryl methyl sites for hydroxylation is 1. The molecule has 1 nitrogen and oxygen atoms in total. The zero-order chi connectivity index (χ0) is 10.7. The van der Waals surface area contributed by atoms with Gasteiger partial charge in [-0.2, -0.15) is 6.16 Å². The summed E-state index contributed by atoms with van der Waals surface area (Å²) in [6, 6.07) is 3.50. The van der Waals surface area contributed by atoms with E-state index in [4.69, 9.17) is 23.2 Å². The predicted octanol–water partition coefficient (Wildman–Crippen LogP) is 4.02. The maximum Gasteiger partial charge on any atom is 0.163 e. The summed E-state index contributed by atoms with van der Waals surface area (Å²) in [5.74, 6) is -0.0290. The fraction of sp³-hybridized carbons (Fsp3) is 0.300. The van der Waals surface area contributed by atoms with Gasteiger partial charge in [0.2, 0.25) is 0 Å². The number of carbonyl (C=O) groups is 1. The van der Waals surface area contributed by atoms with E-state index < -0.39 is 0 Å². The second kappa shape index (κ2) is 5.11. The number of Topliss-reactive ketones (excluding diaryl/α,β-unsaturated/α-hetero) is 1. The van der Waals surface area contributed by atoms with Crippen LogP contribution < -0.4 is 0 Å². The highest BCUT2D eigenvalue weighted by molar-refractivity contribution is 7.16. The molecule has 0 fully saturated rings. The number of benzene rings is 1. The van der Waals surface area contributed by atoms with Crippen molar-refractivity contribution in [3.63, 3.8) is 0 Å². The minimum absolute atomic E-state index is 0.0290. The molecule has 1 aromatic carbocycles. The molecule has 0 aromatic heterocycles. The van der Waals surface area contributed by atoms with Crippen LogP contribution in [-0.4, -0.2) is 11.9 Å². The largest absolute Gasteiger partial charge is 0.558 e. The number of ketones is 1. The number of hydrogen-bond donors (Lipinski definition) is 0. The Balaban J connectivity index is 3.18. The number of halogens is 2. The van der Waals surface area contributed by atoms with Crippen molar-refractivity contribution in [1.82, 2.24) is 0 Å². The molecule has 0 aliphatic rings. The molecular formula is C10H10Cl2OP-. The van der Waals surface area contributed by atoms with E-state index in [0.29, 0.717) is 28.2 Å². The molecule has 0 amide bonds. The van der Waals surface area contributed by atoms with Gasteiger partial charge in [0, 0.05) is 0 Å². The van der Waals surface area contributed by atoms with E-state index in [1.807, 2.05) is 6.92 Å². The third-order valence-electron chi connectivity index (χ3n) is 1.92. The van der Waals surface area contributed by atoms with Crippen molar-refractivity contribution in [3.8, 4) is 0 Å². The Hall–Kier alpha value is -0.100. The number of rotatable bonds is 3. The first-order valence-corrected chi connectivity index (χ1v) is 5.66. The van der Waals surface area contributed by atoms with Crippen LogP contribution in [0.1, 0.15) is 22.3 Å². The van der Waals surface area contributed by atoms with Crippen molar-refractivity contribution in [2.45, 2.75) is 13.3 Å². The minimum Gasteiger partial charge on any atom is -0.558 e. The third-order valence-corrected chi connectivity index (χ3v) is 2.97. The molecule has 0 saturated carbocycles. The number of hydrogen-bond acceptors (Lipinski definition) is 1. The van der Waals surface area contributed by atoms with E-state index in [2.05, 4.69) is 9.24 Å². The molecule has 0 aliphatic carbocycles. The smallest absolute Gasteiger partial charge is 0.163 e. The molecule has 76 valence electrons. The maximum absolute atomic E-state index is 11.6. The van der Waals surface area contributed by atoms with Gasteiger partial charge in [-0.3, -0.25) is 4.79 Å². The van der Waals surface area contributed by atoms with Gasteiger partial charge in [0.15, 0.2) is 5.78 Å². The molecule has 0 radical (unpaired) electrons. The minimum atomic E-state index is -0.0290. The van der Waals surface area contributed by atoms with Crippen LogP contribution in [0.4, 0.5) is 0 Å². The number of carbonyl (C=O) groups excluding carboxylic acids is 1. The molecule has 0 atom stereocenters. The molecule has 1 aromatic rings. The zero-order valence-electron chi connectivity index (χ0n) is 7.73. The summed E-state index contributed by atoms with van der Waals surface area (Å²) < 4.78 is 0. The van der Waals surface area contributed by atoms with Crippen LogP contribution in [0.25, 0.3) is 0 Å². The summed E-state index contributed by atoms with van der Waals surface area (Å²) in [4.78, 5) is 11.6. The van der Waals surface area contributed by atoms with Gasteiger partial charge in [-0.1, -0.05) is 29.3 Å². The van der Waals surface area contributed by atoms with Crippen LogP contribution in [0, 0.1) is 6.92 Å². The van der Waals surface area contributed by atoms with Crippen molar-refractivity contribution in [3.05, 3.63) is 33.3 Å². The highest BCUT2D eigenvalue weighted by Crippen LogP contribution is 2.28. The monoisotopic (exact) mass is 247 g/mol. The molecule has 4 heteroatoms. The highest BCUT2D eigenvalue weighted by Gasteiger charge is 2.14. The van der Waals surface area contributed by atoms with Crippen molar-refractivity contribution >= 4 is 38.2 Å². The fourth-order valence-electron chi connectivity index (χ4n) is 1.15. The molecular weight excluding hydrogens is 238 g/mol. The van der Waals surface area contributed by atoms with Gasteiger partial charge >= 0.3 is 0 Å². The molecule has 1 rings (SSSR count). The summed E-state index contributed by atoms with van der Waals surface area (Å²) in [5.41, 5.74) is 1.31. The Morgan fingerprint density at radius 1 is 1.43 bits per heavy atom. The van der Waals surface area contributed by atoms with Gasteiger partial charge in [-0.25, -0.2) is 0 Å². The molecule has 14 heavy (non-hydrogen) atoms. The second-order valence-corrected chi connectivity index (χ2v) is 4.26. The van der Waals surface area contributed by atoms with Gasteiger partial charge in [0.1, 0.15) is 0 Å². The Morgan fingerprint density at radius 2 is 2.07 bits per heavy atom. The lowest BCUT2D eigenvalue weighted by Crippen LogP contribution is -2.02. The van der Waals surface area contributed by atoms with Crippen LogP contribution in [0.2, 0.25) is 10.0 Å². The Kier molecular flexibility index (Phi) is 4.37. The van der Waals surface area contributed by atoms with E-state index in [1.165, 1.54) is 0 Å². The highest BCUT2D eigenvalue weighted by atomic mass is 35.5. The van der Waals surface area contributed by atoms with E-state index in [9.17, 15) is 4.79 Å². The first-order valence-electron chi connectivity index (χ1n) is 4.20. The van der Waals surface area contributed by atoms with Crippen LogP contribution in [0.5, 0.6) is 0 Å². The maximum atomic E-state index is 11.6. The first kappa shape index (κ1) is 12.0. The van der Waals surface area contributed by atoms with Gasteiger partial charge in [0.05, 0.1) is 15.6 Å². The third kappa shape index (κ3) is 2.48. The lowest BCUT2D eigenvalue weighted by atomic mass is 10.1. The fourth-order valence-corrected chi connectivity index (χ4v) is 1.96. The van der Waals surface area contributed by atoms with Gasteiger partial charge in [-0.15, -0.1) is 0 Å². The summed E-state index contributed by atoms with van der Waals surface area (Å²) in [6.07, 6.45) is 1.01. The molecule has 0 saturated heterocycles. The summed E-state index contributed by atoms with van der Waals surface area (Å²) in [7, 11) is 3.25. The normalized spacial score (nSPS) is 10.3. The van der Waals surface area contributed by atoms with Gasteiger partial charge in [0.25, 0.3) is 0 Å². The standard InChI is InChI=1S/C10H10Cl2OP/c1-6-2-3-7(11)9(10(6)12)8(13)4-5-14/h2-3,14H,4-5H2,1H3/q-1. The Labute approximate surface area is 96.0 Å². The van der Waals surface area contributed by atoms with E-state index in [0.717, 1.165) is 5.56 Å². The van der Waals surface area contributed by atoms with E-state index in [-0.39, 0.29) is 5.78 Å². The van der Waals surface area contributed by atoms with Gasteiger partial charge in [-0.05, 0) is 25.0 Å². The van der Waals surface area contributed by atoms with Crippen LogP contribution in [0.3, 0.4) is 0 Å². The second-order valence-electron chi connectivity index (χ2n) is 2.98. The van der Waals surface area contributed by atoms with E-state index in [1.54, 1.807) is 12.1 Å². The van der Waals surface area contributed by atoms with Crippen molar-refractivity contribution in [1.29, 1.82) is 0 Å². The van der Waals surface area contributed by atoms with Crippen molar-refractivity contribution < 1.29 is 4.79 Å². The predicted molar refractivity (Wildman–Crippen MR) is 63.3 cm³/mol. The van der Waals surface area contributed by atoms with Crippen LogP contribution in [-0.2, 0) is 0 Å². The molecule has 0 unspecified atom stereocenters. The molecule has 0 heterocycles. The lowest BCUT2D eigenvalue weighted by molar-refractivity contribution is 0.0989.